The third-order valence-electron chi connectivity index (χ3n) is 3.17. The van der Waals surface area contributed by atoms with E-state index in [0.29, 0.717) is 10.3 Å². The zero-order valence-electron chi connectivity index (χ0n) is 10.2. The number of hydrogen-bond acceptors (Lipinski definition) is 5. The number of carbonyl (C=O) groups is 1. The molecule has 0 aromatic carbocycles. The Morgan fingerprint density at radius 2 is 2.30 bits per heavy atom. The number of nitrogens with zero attached hydrogens (tertiary/aromatic N) is 4. The molecule has 1 aliphatic rings. The van der Waals surface area contributed by atoms with Crippen LogP contribution in [-0.2, 0) is 0 Å². The first-order chi connectivity index (χ1) is 9.53. The Bertz CT molecular complexity index is 745. The highest BCUT2D eigenvalue weighted by Gasteiger charge is 2.44. The molecule has 2 aromatic rings. The molecule has 3 rings (SSSR count). The van der Waals surface area contributed by atoms with E-state index in [1.165, 1.54) is 10.6 Å². The fourth-order valence-corrected chi connectivity index (χ4v) is 2.17. The van der Waals surface area contributed by atoms with Crippen LogP contribution in [0.3, 0.4) is 0 Å². The summed E-state index contributed by atoms with van der Waals surface area (Å²) >= 11 is 3.23. The molecule has 0 bridgehead atoms. The summed E-state index contributed by atoms with van der Waals surface area (Å²) in [5.74, 6) is -0.903. The average Bonchev–Trinajstić information content (AvgIpc) is 3.07. The molecule has 2 heterocycles. The molecule has 1 saturated carbocycles. The number of carboxylic acid groups (broad SMARTS) is 1. The van der Waals surface area contributed by atoms with Gasteiger partial charge in [0.2, 0.25) is 5.65 Å². The topological polar surface area (TPSA) is 101 Å². The van der Waals surface area contributed by atoms with Crippen molar-refractivity contribution >= 4 is 27.5 Å². The normalized spacial score (nSPS) is 15.8. The van der Waals surface area contributed by atoms with Crippen LogP contribution in [0.15, 0.2) is 17.0 Å². The van der Waals surface area contributed by atoms with Gasteiger partial charge in [-0.25, -0.2) is 14.8 Å². The lowest BCUT2D eigenvalue weighted by atomic mass is 10.1. The SMILES string of the molecule is N#CC1(COc2nc(Br)cn3cc(C(=O)O)nc23)CC1. The summed E-state index contributed by atoms with van der Waals surface area (Å²) in [6.45, 7) is 0.234. The Labute approximate surface area is 122 Å². The number of fused-ring (bicyclic) bond motifs is 1. The number of rotatable bonds is 4. The van der Waals surface area contributed by atoms with Crippen molar-refractivity contribution in [2.75, 3.05) is 6.61 Å². The molecule has 7 nitrogen and oxygen atoms in total. The van der Waals surface area contributed by atoms with E-state index >= 15 is 0 Å². The Kier molecular flexibility index (Phi) is 2.87. The van der Waals surface area contributed by atoms with Crippen molar-refractivity contribution in [2.24, 2.45) is 5.41 Å². The number of hydrogen-bond donors (Lipinski definition) is 1. The molecule has 1 aliphatic carbocycles. The van der Waals surface area contributed by atoms with Gasteiger partial charge >= 0.3 is 5.97 Å². The van der Waals surface area contributed by atoms with Crippen LogP contribution >= 0.6 is 15.9 Å². The number of nitriles is 1. The van der Waals surface area contributed by atoms with E-state index in [0.717, 1.165) is 12.8 Å². The van der Waals surface area contributed by atoms with Crippen LogP contribution in [0.2, 0.25) is 0 Å². The van der Waals surface area contributed by atoms with E-state index in [-0.39, 0.29) is 18.2 Å². The van der Waals surface area contributed by atoms with Gasteiger partial charge in [0, 0.05) is 12.4 Å². The minimum absolute atomic E-state index is 0.0869. The molecule has 0 atom stereocenters. The maximum atomic E-state index is 10.9. The van der Waals surface area contributed by atoms with Crippen LogP contribution in [0.1, 0.15) is 23.3 Å². The van der Waals surface area contributed by atoms with Gasteiger partial charge in [0.25, 0.3) is 5.88 Å². The fourth-order valence-electron chi connectivity index (χ4n) is 1.79. The van der Waals surface area contributed by atoms with E-state index in [2.05, 4.69) is 32.0 Å². The molecule has 8 heteroatoms. The third-order valence-corrected chi connectivity index (χ3v) is 3.55. The lowest BCUT2D eigenvalue weighted by molar-refractivity contribution is 0.0691. The Morgan fingerprint density at radius 3 is 2.90 bits per heavy atom. The van der Waals surface area contributed by atoms with Gasteiger partial charge in [-0.15, -0.1) is 0 Å². The monoisotopic (exact) mass is 336 g/mol. The molecule has 0 aliphatic heterocycles. The molecular weight excluding hydrogens is 328 g/mol. The average molecular weight is 337 g/mol. The smallest absolute Gasteiger partial charge is 0.356 e. The van der Waals surface area contributed by atoms with Crippen molar-refractivity contribution in [1.82, 2.24) is 14.4 Å². The van der Waals surface area contributed by atoms with Crippen molar-refractivity contribution in [1.29, 1.82) is 5.26 Å². The minimum Gasteiger partial charge on any atom is -0.476 e. The molecular formula is C12H9BrN4O3. The van der Waals surface area contributed by atoms with Gasteiger partial charge < -0.3 is 9.84 Å². The Hall–Kier alpha value is -2.14. The summed E-state index contributed by atoms with van der Waals surface area (Å²) in [5.41, 5.74) is -0.195. The predicted molar refractivity (Wildman–Crippen MR) is 70.4 cm³/mol. The summed E-state index contributed by atoms with van der Waals surface area (Å²) in [5, 5.41) is 18.0. The Balaban J connectivity index is 1.96. The molecule has 0 spiro atoms. The van der Waals surface area contributed by atoms with E-state index in [1.807, 2.05) is 0 Å². The van der Waals surface area contributed by atoms with Gasteiger partial charge in [-0.3, -0.25) is 4.40 Å². The molecule has 0 radical (unpaired) electrons. The van der Waals surface area contributed by atoms with Crippen LogP contribution < -0.4 is 4.74 Å². The molecule has 1 fully saturated rings. The molecule has 20 heavy (non-hydrogen) atoms. The molecule has 102 valence electrons. The summed E-state index contributed by atoms with van der Waals surface area (Å²) in [6, 6.07) is 2.22. The number of aromatic nitrogens is 3. The van der Waals surface area contributed by atoms with Crippen molar-refractivity contribution in [3.05, 3.63) is 22.7 Å². The highest BCUT2D eigenvalue weighted by Crippen LogP contribution is 2.45. The van der Waals surface area contributed by atoms with Crippen LogP contribution in [0, 0.1) is 16.7 Å². The van der Waals surface area contributed by atoms with Crippen molar-refractivity contribution in [3.8, 4) is 11.9 Å². The van der Waals surface area contributed by atoms with E-state index in [4.69, 9.17) is 15.1 Å². The lowest BCUT2D eigenvalue weighted by Gasteiger charge is -2.09. The largest absolute Gasteiger partial charge is 0.476 e. The molecule has 0 saturated heterocycles. The molecule has 0 amide bonds. The van der Waals surface area contributed by atoms with Gasteiger partial charge in [-0.05, 0) is 28.8 Å². The van der Waals surface area contributed by atoms with Crippen LogP contribution in [-0.4, -0.2) is 32.1 Å². The summed E-state index contributed by atoms with van der Waals surface area (Å²) in [6.07, 6.45) is 4.60. The zero-order valence-corrected chi connectivity index (χ0v) is 11.8. The summed E-state index contributed by atoms with van der Waals surface area (Å²) in [7, 11) is 0. The second-order valence-electron chi connectivity index (χ2n) is 4.71. The van der Waals surface area contributed by atoms with Gasteiger partial charge in [-0.1, -0.05) is 0 Å². The predicted octanol–water partition coefficient (Wildman–Crippen LogP) is 1.87. The second-order valence-corrected chi connectivity index (χ2v) is 5.52. The molecule has 0 unspecified atom stereocenters. The van der Waals surface area contributed by atoms with Crippen LogP contribution in [0.4, 0.5) is 0 Å². The molecule has 1 N–H and O–H groups in total. The van der Waals surface area contributed by atoms with E-state index in [1.54, 1.807) is 6.20 Å². The van der Waals surface area contributed by atoms with Gasteiger partial charge in [0.15, 0.2) is 5.69 Å². The van der Waals surface area contributed by atoms with Crippen molar-refractivity contribution in [2.45, 2.75) is 12.8 Å². The maximum Gasteiger partial charge on any atom is 0.356 e. The summed E-state index contributed by atoms with van der Waals surface area (Å²) in [4.78, 5) is 19.1. The highest BCUT2D eigenvalue weighted by atomic mass is 79.9. The van der Waals surface area contributed by atoms with Gasteiger partial charge in [0.1, 0.15) is 11.2 Å². The quantitative estimate of drug-likeness (QED) is 0.914. The lowest BCUT2D eigenvalue weighted by Crippen LogP contribution is -2.12. The first kappa shape index (κ1) is 12.9. The maximum absolute atomic E-state index is 10.9. The first-order valence-corrected chi connectivity index (χ1v) is 6.65. The minimum atomic E-state index is -1.12. The van der Waals surface area contributed by atoms with Crippen LogP contribution in [0.25, 0.3) is 5.65 Å². The van der Waals surface area contributed by atoms with E-state index < -0.39 is 11.4 Å². The molecule has 2 aromatic heterocycles. The third kappa shape index (κ3) is 2.20. The number of imidazole rings is 1. The number of halogens is 1. The highest BCUT2D eigenvalue weighted by molar-refractivity contribution is 9.10. The van der Waals surface area contributed by atoms with Gasteiger partial charge in [0.05, 0.1) is 11.5 Å². The Morgan fingerprint density at radius 1 is 1.55 bits per heavy atom. The second kappa shape index (κ2) is 4.45. The number of ether oxygens (including phenoxy) is 1. The van der Waals surface area contributed by atoms with Crippen molar-refractivity contribution < 1.29 is 14.6 Å². The number of carboxylic acids is 1. The van der Waals surface area contributed by atoms with E-state index in [9.17, 15) is 4.79 Å². The summed E-state index contributed by atoms with van der Waals surface area (Å²) < 4.78 is 7.60. The van der Waals surface area contributed by atoms with Crippen molar-refractivity contribution in [3.63, 3.8) is 0 Å². The van der Waals surface area contributed by atoms with Gasteiger partial charge in [-0.2, -0.15) is 5.26 Å². The van der Waals surface area contributed by atoms with Crippen LogP contribution in [0.5, 0.6) is 5.88 Å². The number of aromatic carboxylic acids is 1. The standard InChI is InChI=1S/C12H9BrN4O3/c13-8-4-17-3-7(11(18)19)15-9(17)10(16-8)20-6-12(5-14)1-2-12/h3-4H,1-2,6H2,(H,18,19). The fraction of sp³-hybridized carbons (Fsp3) is 0.333. The first-order valence-electron chi connectivity index (χ1n) is 5.86. The zero-order chi connectivity index (χ0) is 14.3.